The molecule has 18 heavy (non-hydrogen) atoms. The first-order chi connectivity index (χ1) is 8.64. The monoisotopic (exact) mass is 242 g/mol. The summed E-state index contributed by atoms with van der Waals surface area (Å²) in [6.45, 7) is 9.85. The van der Waals surface area contributed by atoms with Crippen molar-refractivity contribution in [3.8, 4) is 0 Å². The lowest BCUT2D eigenvalue weighted by Crippen LogP contribution is -2.46. The van der Waals surface area contributed by atoms with E-state index in [1.807, 2.05) is 6.07 Å². The Balaban J connectivity index is 1.77. The number of hydrogen-bond donors (Lipinski definition) is 0. The van der Waals surface area contributed by atoms with Crippen molar-refractivity contribution in [2.45, 2.75) is 26.9 Å². The van der Waals surface area contributed by atoms with Crippen LogP contribution in [-0.4, -0.2) is 6.61 Å². The number of benzene rings is 1. The molecule has 1 fully saturated rings. The van der Waals surface area contributed by atoms with E-state index in [-0.39, 0.29) is 0 Å². The summed E-state index contributed by atoms with van der Waals surface area (Å²) >= 11 is 0. The zero-order chi connectivity index (χ0) is 13.0. The van der Waals surface area contributed by atoms with Crippen LogP contribution < -0.4 is 0 Å². The molecule has 1 heteroatoms. The van der Waals surface area contributed by atoms with E-state index in [1.165, 1.54) is 12.0 Å². The van der Waals surface area contributed by atoms with Crippen LogP contribution in [-0.2, 0) is 11.3 Å². The van der Waals surface area contributed by atoms with Crippen LogP contribution in [0.2, 0.25) is 0 Å². The molecule has 0 amide bonds. The van der Waals surface area contributed by atoms with Gasteiger partial charge in [-0.05, 0) is 35.3 Å². The van der Waals surface area contributed by atoms with E-state index in [2.05, 4.69) is 56.5 Å². The SMILES string of the molecule is C=C=CC1CC(COCc2ccccc2)C1(C)C. The van der Waals surface area contributed by atoms with Gasteiger partial charge in [-0.1, -0.05) is 50.8 Å². The zero-order valence-electron chi connectivity index (χ0n) is 11.4. The standard InChI is InChI=1S/C17H22O/c1-4-8-15-11-16(17(15,2)3)13-18-12-14-9-6-5-7-10-14/h5-10,15-16H,1,11-13H2,2-3H3. The van der Waals surface area contributed by atoms with Gasteiger partial charge in [-0.25, -0.2) is 0 Å². The zero-order valence-corrected chi connectivity index (χ0v) is 11.4. The molecule has 0 heterocycles. The smallest absolute Gasteiger partial charge is 0.0717 e. The first kappa shape index (κ1) is 13.1. The minimum absolute atomic E-state index is 0.321. The van der Waals surface area contributed by atoms with Crippen molar-refractivity contribution in [2.75, 3.05) is 6.61 Å². The molecular weight excluding hydrogens is 220 g/mol. The maximum absolute atomic E-state index is 5.84. The highest BCUT2D eigenvalue weighted by Crippen LogP contribution is 2.51. The molecule has 2 rings (SSSR count). The first-order valence-corrected chi connectivity index (χ1v) is 6.62. The van der Waals surface area contributed by atoms with Gasteiger partial charge in [0, 0.05) is 0 Å². The molecule has 0 aromatic heterocycles. The average molecular weight is 242 g/mol. The lowest BCUT2D eigenvalue weighted by atomic mass is 9.55. The quantitative estimate of drug-likeness (QED) is 0.703. The molecule has 0 N–H and O–H groups in total. The molecule has 0 saturated heterocycles. The Morgan fingerprint density at radius 1 is 1.39 bits per heavy atom. The van der Waals surface area contributed by atoms with Gasteiger partial charge in [0.15, 0.2) is 0 Å². The lowest BCUT2D eigenvalue weighted by molar-refractivity contribution is -0.0550. The summed E-state index contributed by atoms with van der Waals surface area (Å²) in [4.78, 5) is 0. The summed E-state index contributed by atoms with van der Waals surface area (Å²) in [7, 11) is 0. The average Bonchev–Trinajstić information content (AvgIpc) is 2.38. The number of allylic oxidation sites excluding steroid dienone is 1. The molecule has 1 aromatic carbocycles. The molecule has 1 nitrogen and oxygen atoms in total. The summed E-state index contributed by atoms with van der Waals surface area (Å²) in [5.74, 6) is 1.26. The van der Waals surface area contributed by atoms with Crippen molar-refractivity contribution in [1.29, 1.82) is 0 Å². The molecule has 0 spiro atoms. The van der Waals surface area contributed by atoms with Gasteiger partial charge in [0.2, 0.25) is 0 Å². The Morgan fingerprint density at radius 2 is 2.11 bits per heavy atom. The van der Waals surface area contributed by atoms with E-state index in [4.69, 9.17) is 4.74 Å². The third kappa shape index (κ3) is 2.75. The lowest BCUT2D eigenvalue weighted by Gasteiger charge is -2.50. The van der Waals surface area contributed by atoms with Crippen LogP contribution in [0.4, 0.5) is 0 Å². The van der Waals surface area contributed by atoms with Crippen LogP contribution in [0.3, 0.4) is 0 Å². The van der Waals surface area contributed by atoms with Gasteiger partial charge in [0.25, 0.3) is 0 Å². The molecule has 2 unspecified atom stereocenters. The van der Waals surface area contributed by atoms with Crippen LogP contribution >= 0.6 is 0 Å². The summed E-state index contributed by atoms with van der Waals surface area (Å²) < 4.78 is 5.84. The van der Waals surface area contributed by atoms with Crippen molar-refractivity contribution in [3.05, 3.63) is 54.3 Å². The van der Waals surface area contributed by atoms with Crippen molar-refractivity contribution in [3.63, 3.8) is 0 Å². The third-order valence-electron chi connectivity index (χ3n) is 4.30. The van der Waals surface area contributed by atoms with Crippen molar-refractivity contribution in [1.82, 2.24) is 0 Å². The van der Waals surface area contributed by atoms with Gasteiger partial charge in [-0.15, -0.1) is 5.73 Å². The molecule has 0 aliphatic heterocycles. The second-order valence-electron chi connectivity index (χ2n) is 5.73. The molecular formula is C17H22O. The minimum atomic E-state index is 0.321. The fraction of sp³-hybridized carbons (Fsp3) is 0.471. The molecule has 0 bridgehead atoms. The van der Waals surface area contributed by atoms with E-state index in [0.717, 1.165) is 13.2 Å². The van der Waals surface area contributed by atoms with Gasteiger partial charge in [-0.2, -0.15) is 0 Å². The van der Waals surface area contributed by atoms with E-state index >= 15 is 0 Å². The highest BCUT2D eigenvalue weighted by Gasteiger charge is 2.46. The molecule has 1 aromatic rings. The van der Waals surface area contributed by atoms with Gasteiger partial charge in [-0.3, -0.25) is 0 Å². The van der Waals surface area contributed by atoms with Crippen LogP contribution in [0.25, 0.3) is 0 Å². The predicted octanol–water partition coefficient (Wildman–Crippen LogP) is 4.21. The van der Waals surface area contributed by atoms with Gasteiger partial charge in [0.1, 0.15) is 0 Å². The third-order valence-corrected chi connectivity index (χ3v) is 4.30. The molecule has 1 aliphatic carbocycles. The maximum Gasteiger partial charge on any atom is 0.0717 e. The van der Waals surface area contributed by atoms with Crippen molar-refractivity contribution >= 4 is 0 Å². The predicted molar refractivity (Wildman–Crippen MR) is 75.2 cm³/mol. The van der Waals surface area contributed by atoms with E-state index in [0.29, 0.717) is 17.3 Å². The maximum atomic E-state index is 5.84. The van der Waals surface area contributed by atoms with Crippen molar-refractivity contribution in [2.24, 2.45) is 17.3 Å². The van der Waals surface area contributed by atoms with Crippen LogP contribution in [0.1, 0.15) is 25.8 Å². The molecule has 1 saturated carbocycles. The topological polar surface area (TPSA) is 9.23 Å². The fourth-order valence-corrected chi connectivity index (χ4v) is 2.66. The number of ether oxygens (including phenoxy) is 1. The molecule has 0 radical (unpaired) electrons. The highest BCUT2D eigenvalue weighted by atomic mass is 16.5. The number of rotatable bonds is 5. The molecule has 1 aliphatic rings. The number of hydrogen-bond acceptors (Lipinski definition) is 1. The second kappa shape index (κ2) is 5.56. The van der Waals surface area contributed by atoms with Crippen LogP contribution in [0.5, 0.6) is 0 Å². The summed E-state index contributed by atoms with van der Waals surface area (Å²) in [5, 5.41) is 0. The van der Waals surface area contributed by atoms with E-state index < -0.39 is 0 Å². The Morgan fingerprint density at radius 3 is 2.72 bits per heavy atom. The highest BCUT2D eigenvalue weighted by molar-refractivity contribution is 5.13. The minimum Gasteiger partial charge on any atom is -0.376 e. The molecule has 96 valence electrons. The van der Waals surface area contributed by atoms with Gasteiger partial charge in [0.05, 0.1) is 13.2 Å². The van der Waals surface area contributed by atoms with Crippen LogP contribution in [0, 0.1) is 17.3 Å². The Kier molecular flexibility index (Phi) is 4.06. The largest absolute Gasteiger partial charge is 0.376 e. The normalized spacial score (nSPS) is 25.0. The van der Waals surface area contributed by atoms with Gasteiger partial charge < -0.3 is 4.74 Å². The van der Waals surface area contributed by atoms with E-state index in [9.17, 15) is 0 Å². The Hall–Kier alpha value is -1.30. The Bertz CT molecular complexity index is 426. The Labute approximate surface area is 110 Å². The first-order valence-electron chi connectivity index (χ1n) is 6.62. The van der Waals surface area contributed by atoms with Gasteiger partial charge >= 0.3 is 0 Å². The molecule has 2 atom stereocenters. The summed E-state index contributed by atoms with van der Waals surface area (Å²) in [6.07, 6.45) is 3.30. The second-order valence-corrected chi connectivity index (χ2v) is 5.73. The van der Waals surface area contributed by atoms with Crippen LogP contribution in [0.15, 0.2) is 48.7 Å². The summed E-state index contributed by atoms with van der Waals surface area (Å²) in [6, 6.07) is 10.4. The van der Waals surface area contributed by atoms with Crippen molar-refractivity contribution < 1.29 is 4.74 Å². The summed E-state index contributed by atoms with van der Waals surface area (Å²) in [5.41, 5.74) is 4.48. The van der Waals surface area contributed by atoms with E-state index in [1.54, 1.807) is 0 Å². The fourth-order valence-electron chi connectivity index (χ4n) is 2.66.